The summed E-state index contributed by atoms with van der Waals surface area (Å²) >= 11 is 0. The summed E-state index contributed by atoms with van der Waals surface area (Å²) in [5.74, 6) is 0.574. The Labute approximate surface area is 102 Å². The molecule has 1 saturated heterocycles. The van der Waals surface area contributed by atoms with Crippen molar-refractivity contribution < 1.29 is 9.53 Å². The lowest BCUT2D eigenvalue weighted by atomic mass is 10.2. The van der Waals surface area contributed by atoms with Gasteiger partial charge in [-0.15, -0.1) is 0 Å². The van der Waals surface area contributed by atoms with Crippen LogP contribution in [0, 0.1) is 0 Å². The third kappa shape index (κ3) is 3.46. The van der Waals surface area contributed by atoms with E-state index in [2.05, 4.69) is 17.3 Å². The molecule has 1 aliphatic rings. The fourth-order valence-corrected chi connectivity index (χ4v) is 2.07. The van der Waals surface area contributed by atoms with E-state index in [0.717, 1.165) is 13.0 Å². The van der Waals surface area contributed by atoms with Crippen LogP contribution in [0.2, 0.25) is 0 Å². The molecule has 0 saturated carbocycles. The van der Waals surface area contributed by atoms with Gasteiger partial charge >= 0.3 is 6.09 Å². The summed E-state index contributed by atoms with van der Waals surface area (Å²) in [5, 5.41) is 2.80. The highest BCUT2D eigenvalue weighted by molar-refractivity contribution is 5.70. The zero-order chi connectivity index (χ0) is 12.1. The lowest BCUT2D eigenvalue weighted by Gasteiger charge is -2.19. The summed E-state index contributed by atoms with van der Waals surface area (Å²) in [5.41, 5.74) is 0. The van der Waals surface area contributed by atoms with E-state index in [4.69, 9.17) is 4.74 Å². The minimum Gasteiger partial charge on any atom is -0.410 e. The number of carbonyl (C=O) groups excluding carboxylic acids is 1. The second-order valence-electron chi connectivity index (χ2n) is 4.36. The maximum Gasteiger partial charge on any atom is 0.412 e. The number of nitrogens with zero attached hydrogens (tertiary/aromatic N) is 1. The molecule has 1 heterocycles. The number of likely N-dealkylation sites (N-methyl/N-ethyl adjacent to an activating group) is 1. The van der Waals surface area contributed by atoms with Crippen LogP contribution in [0.15, 0.2) is 30.3 Å². The Bertz CT molecular complexity index is 367. The van der Waals surface area contributed by atoms with E-state index in [1.165, 1.54) is 6.42 Å². The number of hydrogen-bond donors (Lipinski definition) is 1. The maximum atomic E-state index is 11.5. The van der Waals surface area contributed by atoms with Gasteiger partial charge in [0.1, 0.15) is 5.75 Å². The van der Waals surface area contributed by atoms with Crippen LogP contribution in [0.1, 0.15) is 12.8 Å². The third-order valence-corrected chi connectivity index (χ3v) is 3.11. The van der Waals surface area contributed by atoms with E-state index in [-0.39, 0.29) is 6.09 Å². The largest absolute Gasteiger partial charge is 0.412 e. The van der Waals surface area contributed by atoms with E-state index in [9.17, 15) is 4.79 Å². The van der Waals surface area contributed by atoms with Gasteiger partial charge in [0.2, 0.25) is 0 Å². The SMILES string of the molecule is CN1CCCC1CNC(=O)Oc1ccccc1. The van der Waals surface area contributed by atoms with Gasteiger partial charge < -0.3 is 15.0 Å². The van der Waals surface area contributed by atoms with Crippen molar-refractivity contribution in [2.45, 2.75) is 18.9 Å². The highest BCUT2D eigenvalue weighted by atomic mass is 16.6. The van der Waals surface area contributed by atoms with Crippen LogP contribution in [0.4, 0.5) is 4.79 Å². The van der Waals surface area contributed by atoms with Crippen LogP contribution in [0.25, 0.3) is 0 Å². The summed E-state index contributed by atoms with van der Waals surface area (Å²) in [4.78, 5) is 13.8. The zero-order valence-corrected chi connectivity index (χ0v) is 10.1. The van der Waals surface area contributed by atoms with E-state index < -0.39 is 0 Å². The Hall–Kier alpha value is -1.55. The molecule has 1 aromatic rings. The van der Waals surface area contributed by atoms with Crippen molar-refractivity contribution in [3.05, 3.63) is 30.3 Å². The highest BCUT2D eigenvalue weighted by Crippen LogP contribution is 2.13. The lowest BCUT2D eigenvalue weighted by molar-refractivity contribution is 0.195. The number of likely N-dealkylation sites (tertiary alicyclic amines) is 1. The molecule has 0 spiro atoms. The molecule has 2 rings (SSSR count). The van der Waals surface area contributed by atoms with Gasteiger partial charge in [0.25, 0.3) is 0 Å². The average Bonchev–Trinajstić information content (AvgIpc) is 2.74. The Kier molecular flexibility index (Phi) is 3.98. The molecule has 1 amide bonds. The van der Waals surface area contributed by atoms with Crippen LogP contribution in [-0.2, 0) is 0 Å². The van der Waals surface area contributed by atoms with Crippen molar-refractivity contribution in [1.29, 1.82) is 0 Å². The first-order valence-corrected chi connectivity index (χ1v) is 5.96. The van der Waals surface area contributed by atoms with Crippen molar-refractivity contribution in [1.82, 2.24) is 10.2 Å². The fourth-order valence-electron chi connectivity index (χ4n) is 2.07. The monoisotopic (exact) mass is 234 g/mol. The molecule has 17 heavy (non-hydrogen) atoms. The van der Waals surface area contributed by atoms with E-state index in [1.807, 2.05) is 18.2 Å². The number of hydrogen-bond acceptors (Lipinski definition) is 3. The highest BCUT2D eigenvalue weighted by Gasteiger charge is 2.21. The van der Waals surface area contributed by atoms with Gasteiger partial charge in [0.15, 0.2) is 0 Å². The summed E-state index contributed by atoms with van der Waals surface area (Å²) in [6, 6.07) is 9.54. The molecule has 1 aromatic carbocycles. The number of ether oxygens (including phenoxy) is 1. The van der Waals surface area contributed by atoms with Crippen LogP contribution < -0.4 is 10.1 Å². The molecule has 4 nitrogen and oxygen atoms in total. The second kappa shape index (κ2) is 5.68. The molecule has 1 fully saturated rings. The Balaban J connectivity index is 1.74. The van der Waals surface area contributed by atoms with Crippen molar-refractivity contribution in [3.8, 4) is 5.75 Å². The number of para-hydroxylation sites is 1. The quantitative estimate of drug-likeness (QED) is 0.868. The number of amides is 1. The molecule has 1 N–H and O–H groups in total. The van der Waals surface area contributed by atoms with Crippen LogP contribution in [0.3, 0.4) is 0 Å². The molecule has 1 aliphatic heterocycles. The predicted molar refractivity (Wildman–Crippen MR) is 66.1 cm³/mol. The van der Waals surface area contributed by atoms with E-state index >= 15 is 0 Å². The Morgan fingerprint density at radius 3 is 2.88 bits per heavy atom. The molecule has 1 unspecified atom stereocenters. The van der Waals surface area contributed by atoms with Crippen LogP contribution >= 0.6 is 0 Å². The molecule has 0 aliphatic carbocycles. The van der Waals surface area contributed by atoms with Crippen molar-refractivity contribution in [3.63, 3.8) is 0 Å². The third-order valence-electron chi connectivity index (χ3n) is 3.11. The summed E-state index contributed by atoms with van der Waals surface area (Å²) < 4.78 is 5.14. The van der Waals surface area contributed by atoms with Gasteiger partial charge in [0, 0.05) is 12.6 Å². The van der Waals surface area contributed by atoms with Gasteiger partial charge in [0.05, 0.1) is 0 Å². The summed E-state index contributed by atoms with van der Waals surface area (Å²) in [6.45, 7) is 1.77. The smallest absolute Gasteiger partial charge is 0.410 e. The molecular formula is C13H18N2O2. The standard InChI is InChI=1S/C13H18N2O2/c1-15-9-5-6-11(15)10-14-13(16)17-12-7-3-2-4-8-12/h2-4,7-8,11H,5-6,9-10H2,1H3,(H,14,16). The summed E-state index contributed by atoms with van der Waals surface area (Å²) in [7, 11) is 2.09. The zero-order valence-electron chi connectivity index (χ0n) is 10.1. The first-order chi connectivity index (χ1) is 8.25. The van der Waals surface area contributed by atoms with Gasteiger partial charge in [-0.1, -0.05) is 18.2 Å². The molecule has 1 atom stereocenters. The van der Waals surface area contributed by atoms with Crippen molar-refractivity contribution >= 4 is 6.09 Å². The predicted octanol–water partition coefficient (Wildman–Crippen LogP) is 1.87. The normalized spacial score (nSPS) is 20.2. The van der Waals surface area contributed by atoms with Gasteiger partial charge in [-0.2, -0.15) is 0 Å². The van der Waals surface area contributed by atoms with Crippen molar-refractivity contribution in [2.24, 2.45) is 0 Å². The minimum atomic E-state index is -0.378. The van der Waals surface area contributed by atoms with Gasteiger partial charge in [-0.05, 0) is 38.6 Å². The van der Waals surface area contributed by atoms with Crippen LogP contribution in [-0.4, -0.2) is 37.2 Å². The number of rotatable bonds is 3. The molecule has 0 aromatic heterocycles. The number of benzene rings is 1. The minimum absolute atomic E-state index is 0.378. The first kappa shape index (κ1) is 11.9. The average molecular weight is 234 g/mol. The maximum absolute atomic E-state index is 11.5. The molecular weight excluding hydrogens is 216 g/mol. The van der Waals surface area contributed by atoms with Gasteiger partial charge in [-0.3, -0.25) is 0 Å². The van der Waals surface area contributed by atoms with Crippen LogP contribution in [0.5, 0.6) is 5.75 Å². The Morgan fingerprint density at radius 2 is 2.24 bits per heavy atom. The molecule has 4 heteroatoms. The van der Waals surface area contributed by atoms with E-state index in [1.54, 1.807) is 12.1 Å². The lowest BCUT2D eigenvalue weighted by Crippen LogP contribution is -2.39. The molecule has 0 bridgehead atoms. The molecule has 92 valence electrons. The number of nitrogens with one attached hydrogen (secondary N) is 1. The fraction of sp³-hybridized carbons (Fsp3) is 0.462. The first-order valence-electron chi connectivity index (χ1n) is 5.96. The molecule has 0 radical (unpaired) electrons. The summed E-state index contributed by atoms with van der Waals surface area (Å²) in [6.07, 6.45) is 1.97. The Morgan fingerprint density at radius 1 is 1.47 bits per heavy atom. The van der Waals surface area contributed by atoms with Gasteiger partial charge in [-0.25, -0.2) is 4.79 Å². The number of carbonyl (C=O) groups is 1. The topological polar surface area (TPSA) is 41.6 Å². The van der Waals surface area contributed by atoms with E-state index in [0.29, 0.717) is 18.3 Å². The second-order valence-corrected chi connectivity index (χ2v) is 4.36. The van der Waals surface area contributed by atoms with Crippen molar-refractivity contribution in [2.75, 3.05) is 20.1 Å².